The fourth-order valence-corrected chi connectivity index (χ4v) is 3.25. The predicted molar refractivity (Wildman–Crippen MR) is 125 cm³/mol. The van der Waals surface area contributed by atoms with Gasteiger partial charge in [-0.3, -0.25) is 0 Å². The van der Waals surface area contributed by atoms with Crippen molar-refractivity contribution in [2.75, 3.05) is 19.0 Å². The molecular weight excluding hydrogens is 404 g/mol. The molecule has 0 aliphatic heterocycles. The van der Waals surface area contributed by atoms with E-state index in [0.717, 1.165) is 24.0 Å². The molecule has 0 saturated heterocycles. The van der Waals surface area contributed by atoms with Gasteiger partial charge in [0.15, 0.2) is 0 Å². The van der Waals surface area contributed by atoms with Gasteiger partial charge in [-0.05, 0) is 35.7 Å². The highest BCUT2D eigenvalue weighted by Crippen LogP contribution is 2.32. The Morgan fingerprint density at radius 3 is 2.09 bits per heavy atom. The molecule has 0 spiro atoms. The molecule has 2 N–H and O–H groups in total. The quantitative estimate of drug-likeness (QED) is 0.343. The first-order chi connectivity index (χ1) is 15.6. The lowest BCUT2D eigenvalue weighted by Gasteiger charge is -2.22. The Labute approximate surface area is 188 Å². The number of hydrogen-bond donors (Lipinski definition) is 2. The van der Waals surface area contributed by atoms with Crippen LogP contribution in [0.1, 0.15) is 47.4 Å². The summed E-state index contributed by atoms with van der Waals surface area (Å²) in [5.74, 6) is -0.179. The smallest absolute Gasteiger partial charge is 0.341 e. The van der Waals surface area contributed by atoms with E-state index in [1.165, 1.54) is 7.11 Å². The summed E-state index contributed by atoms with van der Waals surface area (Å²) in [5, 5.41) is 5.54. The molecule has 166 valence electrons. The maximum Gasteiger partial charge on any atom is 0.341 e. The number of benzene rings is 3. The van der Waals surface area contributed by atoms with Crippen LogP contribution in [-0.2, 0) is 4.74 Å². The molecule has 0 radical (unpaired) electrons. The molecule has 0 atom stereocenters. The average Bonchev–Trinajstić information content (AvgIpc) is 2.84. The standard InChI is InChI=1S/C26H28N2O4/c1-3-4-17-27-26(30)28-21-15-16-23(22(18-21)25(29)31-2)32-24(19-11-7-5-8-12-19)20-13-9-6-10-14-20/h5-16,18,24H,3-4,17H2,1-2H3,(H2,27,28,30). The van der Waals surface area contributed by atoms with Crippen LogP contribution in [0.3, 0.4) is 0 Å². The molecular formula is C26H28N2O4. The Balaban J connectivity index is 1.89. The van der Waals surface area contributed by atoms with E-state index in [1.54, 1.807) is 18.2 Å². The van der Waals surface area contributed by atoms with Crippen LogP contribution in [0.4, 0.5) is 10.5 Å². The highest BCUT2D eigenvalue weighted by atomic mass is 16.5. The molecule has 0 bridgehead atoms. The van der Waals surface area contributed by atoms with Gasteiger partial charge < -0.3 is 20.1 Å². The van der Waals surface area contributed by atoms with Crippen LogP contribution in [0.15, 0.2) is 78.9 Å². The number of unbranched alkanes of at least 4 members (excludes halogenated alkanes) is 1. The Morgan fingerprint density at radius 1 is 0.906 bits per heavy atom. The number of nitrogens with one attached hydrogen (secondary N) is 2. The molecule has 0 saturated carbocycles. The summed E-state index contributed by atoms with van der Waals surface area (Å²) in [4.78, 5) is 24.6. The number of esters is 1. The van der Waals surface area contributed by atoms with Gasteiger partial charge >= 0.3 is 12.0 Å². The lowest BCUT2D eigenvalue weighted by molar-refractivity contribution is 0.0594. The van der Waals surface area contributed by atoms with Crippen LogP contribution in [0, 0.1) is 0 Å². The number of amides is 2. The molecule has 3 aromatic carbocycles. The number of anilines is 1. The van der Waals surface area contributed by atoms with Crippen molar-refractivity contribution in [3.63, 3.8) is 0 Å². The molecule has 0 aliphatic rings. The van der Waals surface area contributed by atoms with Gasteiger partial charge in [-0.1, -0.05) is 74.0 Å². The van der Waals surface area contributed by atoms with Crippen LogP contribution in [-0.4, -0.2) is 25.7 Å². The lowest BCUT2D eigenvalue weighted by atomic mass is 10.0. The van der Waals surface area contributed by atoms with Gasteiger partial charge in [0, 0.05) is 12.2 Å². The van der Waals surface area contributed by atoms with Gasteiger partial charge in [-0.25, -0.2) is 9.59 Å². The Hall–Kier alpha value is -3.80. The van der Waals surface area contributed by atoms with Crippen molar-refractivity contribution in [3.05, 3.63) is 95.6 Å². The minimum absolute atomic E-state index is 0.232. The third-order valence-electron chi connectivity index (χ3n) is 4.91. The predicted octanol–water partition coefficient (Wildman–Crippen LogP) is 5.56. The molecule has 2 amide bonds. The second-order valence-corrected chi connectivity index (χ2v) is 7.26. The third kappa shape index (κ3) is 6.11. The van der Waals surface area contributed by atoms with Crippen LogP contribution in [0.25, 0.3) is 0 Å². The first-order valence-corrected chi connectivity index (χ1v) is 10.7. The summed E-state index contributed by atoms with van der Waals surface area (Å²) < 4.78 is 11.3. The second kappa shape index (κ2) is 11.6. The molecule has 0 unspecified atom stereocenters. The molecule has 32 heavy (non-hydrogen) atoms. The summed E-state index contributed by atoms with van der Waals surface area (Å²) in [6.45, 7) is 2.64. The number of methoxy groups -OCH3 is 1. The number of rotatable bonds is 9. The molecule has 0 aliphatic carbocycles. The first-order valence-electron chi connectivity index (χ1n) is 10.7. The highest BCUT2D eigenvalue weighted by molar-refractivity contribution is 5.96. The highest BCUT2D eigenvalue weighted by Gasteiger charge is 2.21. The van der Waals surface area contributed by atoms with Crippen molar-refractivity contribution in [1.82, 2.24) is 5.32 Å². The van der Waals surface area contributed by atoms with Gasteiger partial charge in [0.25, 0.3) is 0 Å². The Morgan fingerprint density at radius 2 is 1.53 bits per heavy atom. The largest absolute Gasteiger partial charge is 0.480 e. The van der Waals surface area contributed by atoms with Gasteiger partial charge in [-0.15, -0.1) is 0 Å². The van der Waals surface area contributed by atoms with Gasteiger partial charge in [-0.2, -0.15) is 0 Å². The number of urea groups is 1. The Kier molecular flexibility index (Phi) is 8.26. The van der Waals surface area contributed by atoms with E-state index in [-0.39, 0.29) is 11.6 Å². The number of hydrogen-bond acceptors (Lipinski definition) is 4. The molecule has 0 aromatic heterocycles. The summed E-state index contributed by atoms with van der Waals surface area (Å²) in [6, 6.07) is 24.2. The van der Waals surface area contributed by atoms with Crippen molar-refractivity contribution >= 4 is 17.7 Å². The van der Waals surface area contributed by atoms with Crippen molar-refractivity contribution in [3.8, 4) is 5.75 Å². The maximum atomic E-state index is 12.5. The molecule has 6 nitrogen and oxygen atoms in total. The average molecular weight is 433 g/mol. The van der Waals surface area contributed by atoms with E-state index in [4.69, 9.17) is 9.47 Å². The Bertz CT molecular complexity index is 983. The molecule has 0 heterocycles. The summed E-state index contributed by atoms with van der Waals surface area (Å²) in [6.07, 6.45) is 1.47. The fraction of sp³-hybridized carbons (Fsp3) is 0.231. The van der Waals surface area contributed by atoms with Gasteiger partial charge in [0.2, 0.25) is 0 Å². The van der Waals surface area contributed by atoms with Crippen molar-refractivity contribution in [1.29, 1.82) is 0 Å². The summed E-state index contributed by atoms with van der Waals surface area (Å²) >= 11 is 0. The SMILES string of the molecule is CCCCNC(=O)Nc1ccc(OC(c2ccccc2)c2ccccc2)c(C(=O)OC)c1. The van der Waals surface area contributed by atoms with Crippen molar-refractivity contribution in [2.24, 2.45) is 0 Å². The normalized spacial score (nSPS) is 10.5. The zero-order valence-electron chi connectivity index (χ0n) is 18.3. The summed E-state index contributed by atoms with van der Waals surface area (Å²) in [7, 11) is 1.32. The van der Waals surface area contributed by atoms with Crippen molar-refractivity contribution in [2.45, 2.75) is 25.9 Å². The van der Waals surface area contributed by atoms with Crippen molar-refractivity contribution < 1.29 is 19.1 Å². The number of ether oxygens (including phenoxy) is 2. The van der Waals surface area contributed by atoms with E-state index in [1.807, 2.05) is 60.7 Å². The van der Waals surface area contributed by atoms with E-state index < -0.39 is 12.1 Å². The van der Waals surface area contributed by atoms with Gasteiger partial charge in [0.05, 0.1) is 7.11 Å². The van der Waals surface area contributed by atoms with Gasteiger partial charge in [0.1, 0.15) is 17.4 Å². The number of carbonyl (C=O) groups is 2. The van der Waals surface area contributed by atoms with E-state index in [2.05, 4.69) is 17.6 Å². The number of carbonyl (C=O) groups excluding carboxylic acids is 2. The first kappa shape index (κ1) is 22.9. The minimum atomic E-state index is -0.546. The fourth-order valence-electron chi connectivity index (χ4n) is 3.25. The maximum absolute atomic E-state index is 12.5. The lowest BCUT2D eigenvalue weighted by Crippen LogP contribution is -2.29. The zero-order valence-corrected chi connectivity index (χ0v) is 18.3. The van der Waals surface area contributed by atoms with Crippen LogP contribution >= 0.6 is 0 Å². The molecule has 6 heteroatoms. The third-order valence-corrected chi connectivity index (χ3v) is 4.91. The van der Waals surface area contributed by atoms with E-state index >= 15 is 0 Å². The summed E-state index contributed by atoms with van der Waals surface area (Å²) in [5.41, 5.74) is 2.61. The van der Waals surface area contributed by atoms with Crippen LogP contribution in [0.5, 0.6) is 5.75 Å². The monoisotopic (exact) mass is 432 g/mol. The van der Waals surface area contributed by atoms with Crippen LogP contribution in [0.2, 0.25) is 0 Å². The molecule has 3 rings (SSSR count). The van der Waals surface area contributed by atoms with E-state index in [0.29, 0.717) is 18.0 Å². The zero-order chi connectivity index (χ0) is 22.8. The second-order valence-electron chi connectivity index (χ2n) is 7.26. The molecule has 3 aromatic rings. The minimum Gasteiger partial charge on any atom is -0.480 e. The van der Waals surface area contributed by atoms with E-state index in [9.17, 15) is 9.59 Å². The molecule has 0 fully saturated rings. The topological polar surface area (TPSA) is 76.7 Å². The van der Waals surface area contributed by atoms with Crippen LogP contribution < -0.4 is 15.4 Å².